The highest BCUT2D eigenvalue weighted by Gasteiger charge is 2.35. The van der Waals surface area contributed by atoms with Gasteiger partial charge in [-0.15, -0.1) is 0 Å². The number of amides is 1. The lowest BCUT2D eigenvalue weighted by atomic mass is 9.98. The van der Waals surface area contributed by atoms with E-state index in [2.05, 4.69) is 60.1 Å². The number of carbonyl (C=O) groups excluding carboxylic acids is 1. The lowest BCUT2D eigenvalue weighted by Gasteiger charge is -2.45. The van der Waals surface area contributed by atoms with Crippen molar-refractivity contribution >= 4 is 51.9 Å². The van der Waals surface area contributed by atoms with Gasteiger partial charge < -0.3 is 9.64 Å². The third-order valence-corrected chi connectivity index (χ3v) is 6.51. The number of benzene rings is 2. The van der Waals surface area contributed by atoms with Gasteiger partial charge in [0.25, 0.3) is 0 Å². The molecule has 4 nitrogen and oxygen atoms in total. The lowest BCUT2D eigenvalue weighted by molar-refractivity contribution is 0.0248. The molecular weight excluding hydrogens is 570 g/mol. The van der Waals surface area contributed by atoms with Gasteiger partial charge in [0.05, 0.1) is 12.1 Å². The standard InChI is InChI=1S/C20H27ClN2O2.C6H4ClI/c1-5-18-15-22(12-13-23(18)19(24)25-6-2)20(3,4)11-10-16-8-7-9-17(21)14-16;7-5-2-1-3-6(8)4-5/h7-9,14,18H,5-6,12-13,15H2,1-4H3;1-4H. The van der Waals surface area contributed by atoms with E-state index in [1.807, 2.05) is 60.4 Å². The van der Waals surface area contributed by atoms with Crippen molar-refractivity contribution in [3.8, 4) is 11.8 Å². The molecule has 7 heteroatoms. The molecule has 1 atom stereocenters. The molecule has 1 fully saturated rings. The average molecular weight is 601 g/mol. The highest BCUT2D eigenvalue weighted by molar-refractivity contribution is 14.1. The number of ether oxygens (including phenoxy) is 1. The Morgan fingerprint density at radius 2 is 1.79 bits per heavy atom. The van der Waals surface area contributed by atoms with Crippen LogP contribution in [-0.4, -0.2) is 53.7 Å². The summed E-state index contributed by atoms with van der Waals surface area (Å²) in [6.07, 6.45) is 0.685. The molecule has 0 saturated carbocycles. The van der Waals surface area contributed by atoms with E-state index in [9.17, 15) is 4.79 Å². The lowest BCUT2D eigenvalue weighted by Crippen LogP contribution is -2.59. The second-order valence-corrected chi connectivity index (χ2v) is 10.3. The van der Waals surface area contributed by atoms with E-state index in [1.54, 1.807) is 0 Å². The Bertz CT molecular complexity index is 970. The van der Waals surface area contributed by atoms with Crippen LogP contribution in [-0.2, 0) is 4.74 Å². The zero-order valence-electron chi connectivity index (χ0n) is 19.6. The van der Waals surface area contributed by atoms with Crippen molar-refractivity contribution in [2.75, 3.05) is 26.2 Å². The molecule has 1 aliphatic heterocycles. The summed E-state index contributed by atoms with van der Waals surface area (Å²) < 4.78 is 6.35. The SMILES string of the molecule is CCOC(=O)N1CCN(C(C)(C)C#Cc2cccc(Cl)c2)CC1CC.Clc1cccc(I)c1. The molecule has 1 unspecified atom stereocenters. The molecule has 1 heterocycles. The first-order chi connectivity index (χ1) is 15.7. The highest BCUT2D eigenvalue weighted by Crippen LogP contribution is 2.22. The number of hydrogen-bond donors (Lipinski definition) is 0. The summed E-state index contributed by atoms with van der Waals surface area (Å²) in [5.41, 5.74) is 0.633. The smallest absolute Gasteiger partial charge is 0.410 e. The van der Waals surface area contributed by atoms with Crippen LogP contribution in [0.1, 0.15) is 39.7 Å². The molecule has 0 bridgehead atoms. The first kappa shape index (κ1) is 27.8. The normalized spacial score (nSPS) is 16.2. The third-order valence-electron chi connectivity index (χ3n) is 5.37. The van der Waals surface area contributed by atoms with Crippen molar-refractivity contribution in [1.29, 1.82) is 0 Å². The summed E-state index contributed by atoms with van der Waals surface area (Å²) in [7, 11) is 0. The Balaban J connectivity index is 0.000000405. The van der Waals surface area contributed by atoms with Gasteiger partial charge in [-0.1, -0.05) is 54.1 Å². The molecule has 0 N–H and O–H groups in total. The Morgan fingerprint density at radius 1 is 1.12 bits per heavy atom. The van der Waals surface area contributed by atoms with E-state index in [1.165, 1.54) is 3.57 Å². The zero-order chi connectivity index (χ0) is 24.4. The van der Waals surface area contributed by atoms with Crippen molar-refractivity contribution in [3.05, 3.63) is 67.7 Å². The number of piperazine rings is 1. The van der Waals surface area contributed by atoms with Crippen molar-refractivity contribution in [3.63, 3.8) is 0 Å². The van der Waals surface area contributed by atoms with Gasteiger partial charge >= 0.3 is 6.09 Å². The van der Waals surface area contributed by atoms with Crippen LogP contribution in [0, 0.1) is 15.4 Å². The summed E-state index contributed by atoms with van der Waals surface area (Å²) in [6.45, 7) is 10.8. The summed E-state index contributed by atoms with van der Waals surface area (Å²) in [4.78, 5) is 16.3. The van der Waals surface area contributed by atoms with Gasteiger partial charge in [-0.2, -0.15) is 0 Å². The molecule has 1 aliphatic rings. The Labute approximate surface area is 221 Å². The number of hydrogen-bond acceptors (Lipinski definition) is 3. The van der Waals surface area contributed by atoms with Crippen LogP contribution in [0.4, 0.5) is 4.79 Å². The van der Waals surface area contributed by atoms with Crippen molar-refractivity contribution in [2.45, 2.75) is 45.7 Å². The largest absolute Gasteiger partial charge is 0.450 e. The van der Waals surface area contributed by atoms with Gasteiger partial charge in [0, 0.05) is 44.9 Å². The van der Waals surface area contributed by atoms with Crippen LogP contribution in [0.25, 0.3) is 0 Å². The highest BCUT2D eigenvalue weighted by atomic mass is 127. The molecule has 0 aliphatic carbocycles. The fourth-order valence-electron chi connectivity index (χ4n) is 3.49. The summed E-state index contributed by atoms with van der Waals surface area (Å²) in [5, 5.41) is 1.50. The number of rotatable bonds is 3. The molecule has 1 saturated heterocycles. The predicted molar refractivity (Wildman–Crippen MR) is 146 cm³/mol. The first-order valence-corrected chi connectivity index (χ1v) is 12.9. The molecule has 0 aromatic heterocycles. The van der Waals surface area contributed by atoms with Crippen LogP contribution in [0.5, 0.6) is 0 Å². The van der Waals surface area contributed by atoms with Gasteiger partial charge in [0.15, 0.2) is 0 Å². The van der Waals surface area contributed by atoms with Gasteiger partial charge in [0.1, 0.15) is 0 Å². The van der Waals surface area contributed by atoms with E-state index < -0.39 is 0 Å². The minimum Gasteiger partial charge on any atom is -0.450 e. The minimum absolute atomic E-state index is 0.153. The Kier molecular flexibility index (Phi) is 11.3. The van der Waals surface area contributed by atoms with Crippen LogP contribution in [0.2, 0.25) is 10.0 Å². The van der Waals surface area contributed by atoms with Crippen LogP contribution in [0.3, 0.4) is 0 Å². The molecule has 2 aromatic carbocycles. The van der Waals surface area contributed by atoms with Crippen LogP contribution < -0.4 is 0 Å². The van der Waals surface area contributed by atoms with Gasteiger partial charge in [-0.05, 0) is 86.2 Å². The maximum Gasteiger partial charge on any atom is 0.410 e. The quantitative estimate of drug-likeness (QED) is 0.282. The zero-order valence-corrected chi connectivity index (χ0v) is 23.2. The fraction of sp³-hybridized carbons (Fsp3) is 0.423. The molecule has 33 heavy (non-hydrogen) atoms. The minimum atomic E-state index is -0.281. The first-order valence-electron chi connectivity index (χ1n) is 11.0. The molecule has 0 radical (unpaired) electrons. The molecule has 0 spiro atoms. The van der Waals surface area contributed by atoms with Gasteiger partial charge in [-0.25, -0.2) is 4.79 Å². The fourth-order valence-corrected chi connectivity index (χ4v) is 4.60. The van der Waals surface area contributed by atoms with Crippen LogP contribution >= 0.6 is 45.8 Å². The third kappa shape index (κ3) is 9.01. The number of nitrogens with zero attached hydrogens (tertiary/aromatic N) is 2. The molecule has 1 amide bonds. The van der Waals surface area contributed by atoms with E-state index in [0.717, 1.165) is 30.1 Å². The van der Waals surface area contributed by atoms with Crippen molar-refractivity contribution in [1.82, 2.24) is 9.80 Å². The summed E-state index contributed by atoms with van der Waals surface area (Å²) >= 11 is 13.9. The molecule has 2 aromatic rings. The Hall–Kier alpha value is -1.46. The van der Waals surface area contributed by atoms with E-state index in [-0.39, 0.29) is 17.7 Å². The van der Waals surface area contributed by atoms with E-state index in [4.69, 9.17) is 27.9 Å². The maximum absolute atomic E-state index is 12.1. The summed E-state index contributed by atoms with van der Waals surface area (Å²) in [5.74, 6) is 6.60. The number of carbonyl (C=O) groups is 1. The van der Waals surface area contributed by atoms with Crippen molar-refractivity contribution in [2.24, 2.45) is 0 Å². The molecule has 3 rings (SSSR count). The van der Waals surface area contributed by atoms with Gasteiger partial charge in [0.2, 0.25) is 0 Å². The van der Waals surface area contributed by atoms with Crippen LogP contribution in [0.15, 0.2) is 48.5 Å². The second-order valence-electron chi connectivity index (χ2n) is 8.16. The topological polar surface area (TPSA) is 32.8 Å². The van der Waals surface area contributed by atoms with Gasteiger partial charge in [-0.3, -0.25) is 4.90 Å². The average Bonchev–Trinajstić information content (AvgIpc) is 2.78. The van der Waals surface area contributed by atoms with E-state index >= 15 is 0 Å². The molecular formula is C26H31Cl2IN2O2. The monoisotopic (exact) mass is 600 g/mol. The Morgan fingerprint density at radius 3 is 2.33 bits per heavy atom. The second kappa shape index (κ2) is 13.4. The van der Waals surface area contributed by atoms with Crippen molar-refractivity contribution < 1.29 is 9.53 Å². The van der Waals surface area contributed by atoms with E-state index in [0.29, 0.717) is 18.2 Å². The maximum atomic E-state index is 12.1. The number of halogens is 3. The summed E-state index contributed by atoms with van der Waals surface area (Å²) in [6, 6.07) is 15.5. The molecule has 178 valence electrons. The predicted octanol–water partition coefficient (Wildman–Crippen LogP) is 6.97.